The number of nitrogens with zero attached hydrogens (tertiary/aromatic N) is 4. The van der Waals surface area contributed by atoms with Crippen LogP contribution in [0, 0.1) is 0 Å². The van der Waals surface area contributed by atoms with E-state index in [2.05, 4.69) is 37.6 Å². The SMILES string of the molecule is COc1ccc2nc(NC(=O)c3cccc4c3N=C(c3ccc(N5CCNCC5)nc3)C4)sc2c1. The lowest BCUT2D eigenvalue weighted by molar-refractivity contribution is 0.102. The zero-order valence-electron chi connectivity index (χ0n) is 19.2. The molecular weight excluding hydrogens is 460 g/mol. The molecular formula is C26H24N6O2S. The minimum atomic E-state index is -0.218. The molecule has 0 spiro atoms. The number of fused-ring (bicyclic) bond motifs is 2. The number of thiazole rings is 1. The van der Waals surface area contributed by atoms with Gasteiger partial charge in [-0.3, -0.25) is 15.1 Å². The molecule has 4 heterocycles. The third-order valence-electron chi connectivity index (χ3n) is 6.31. The Bertz CT molecular complexity index is 1440. The van der Waals surface area contributed by atoms with E-state index in [4.69, 9.17) is 9.73 Å². The molecule has 0 bridgehead atoms. The molecule has 1 saturated heterocycles. The highest BCUT2D eigenvalue weighted by molar-refractivity contribution is 7.22. The summed E-state index contributed by atoms with van der Waals surface area (Å²) in [5.74, 6) is 1.53. The molecule has 0 radical (unpaired) electrons. The van der Waals surface area contributed by atoms with Gasteiger partial charge in [-0.25, -0.2) is 9.97 Å². The number of carbonyl (C=O) groups excluding carboxylic acids is 1. The number of ether oxygens (including phenoxy) is 1. The Morgan fingerprint density at radius 2 is 2.03 bits per heavy atom. The van der Waals surface area contributed by atoms with Crippen LogP contribution in [0.3, 0.4) is 0 Å². The summed E-state index contributed by atoms with van der Waals surface area (Å²) in [5, 5.41) is 6.86. The fourth-order valence-corrected chi connectivity index (χ4v) is 5.35. The lowest BCUT2D eigenvalue weighted by atomic mass is 10.0. The normalized spacial score (nSPS) is 15.1. The summed E-state index contributed by atoms with van der Waals surface area (Å²) in [6.07, 6.45) is 2.56. The van der Waals surface area contributed by atoms with Gasteiger partial charge in [0.25, 0.3) is 5.91 Å². The van der Waals surface area contributed by atoms with E-state index >= 15 is 0 Å². The van der Waals surface area contributed by atoms with Gasteiger partial charge in [0, 0.05) is 44.4 Å². The van der Waals surface area contributed by atoms with Crippen LogP contribution in [0.25, 0.3) is 10.2 Å². The zero-order chi connectivity index (χ0) is 23.8. The van der Waals surface area contributed by atoms with Crippen molar-refractivity contribution in [3.63, 3.8) is 0 Å². The molecule has 6 rings (SSSR count). The first-order valence-electron chi connectivity index (χ1n) is 11.6. The molecule has 2 aliphatic rings. The van der Waals surface area contributed by atoms with Crippen molar-refractivity contribution in [2.45, 2.75) is 6.42 Å². The van der Waals surface area contributed by atoms with E-state index in [9.17, 15) is 4.79 Å². The van der Waals surface area contributed by atoms with Crippen LogP contribution in [0.1, 0.15) is 21.5 Å². The molecule has 4 aromatic rings. The molecule has 2 aromatic carbocycles. The smallest absolute Gasteiger partial charge is 0.259 e. The number of amides is 1. The fraction of sp³-hybridized carbons (Fsp3) is 0.231. The minimum Gasteiger partial charge on any atom is -0.497 e. The summed E-state index contributed by atoms with van der Waals surface area (Å²) in [6.45, 7) is 3.86. The van der Waals surface area contributed by atoms with E-state index in [0.717, 1.165) is 64.8 Å². The molecule has 8 nitrogen and oxygen atoms in total. The highest BCUT2D eigenvalue weighted by Crippen LogP contribution is 2.34. The minimum absolute atomic E-state index is 0.218. The van der Waals surface area contributed by atoms with Crippen LogP contribution in [0.15, 0.2) is 59.7 Å². The lowest BCUT2D eigenvalue weighted by Gasteiger charge is -2.28. The van der Waals surface area contributed by atoms with Crippen molar-refractivity contribution in [3.8, 4) is 5.75 Å². The van der Waals surface area contributed by atoms with Crippen molar-refractivity contribution in [1.82, 2.24) is 15.3 Å². The maximum atomic E-state index is 13.2. The fourth-order valence-electron chi connectivity index (χ4n) is 4.46. The van der Waals surface area contributed by atoms with Crippen LogP contribution in [0.2, 0.25) is 0 Å². The second-order valence-electron chi connectivity index (χ2n) is 8.50. The van der Waals surface area contributed by atoms with Gasteiger partial charge in [0.2, 0.25) is 0 Å². The highest BCUT2D eigenvalue weighted by Gasteiger charge is 2.23. The van der Waals surface area contributed by atoms with Crippen molar-refractivity contribution in [1.29, 1.82) is 0 Å². The summed E-state index contributed by atoms with van der Waals surface area (Å²) in [5.41, 5.74) is 5.02. The van der Waals surface area contributed by atoms with Gasteiger partial charge < -0.3 is 15.0 Å². The molecule has 0 aliphatic carbocycles. The molecule has 0 atom stereocenters. The van der Waals surface area contributed by atoms with Crippen LogP contribution in [0.4, 0.5) is 16.6 Å². The van der Waals surface area contributed by atoms with Gasteiger partial charge in [-0.2, -0.15) is 0 Å². The number of rotatable bonds is 5. The second kappa shape index (κ2) is 9.09. The van der Waals surface area contributed by atoms with Gasteiger partial charge in [0.15, 0.2) is 5.13 Å². The average Bonchev–Trinajstić information content (AvgIpc) is 3.52. The Hall–Kier alpha value is -3.82. The van der Waals surface area contributed by atoms with Crippen molar-refractivity contribution in [2.24, 2.45) is 4.99 Å². The standard InChI is InChI=1S/C26H24N6O2S/c1-34-18-6-7-20-22(14-18)35-26(30-20)31-25(33)19-4-2-3-16-13-21(29-24(16)19)17-5-8-23(28-15-17)32-11-9-27-10-12-32/h2-8,14-15,27H,9-13H2,1H3,(H,30,31,33). The number of pyridine rings is 1. The molecule has 0 saturated carbocycles. The maximum Gasteiger partial charge on any atom is 0.259 e. The molecule has 1 fully saturated rings. The van der Waals surface area contributed by atoms with Crippen molar-refractivity contribution in [3.05, 3.63) is 71.4 Å². The Kier molecular flexibility index (Phi) is 5.63. The maximum absolute atomic E-state index is 13.2. The third kappa shape index (κ3) is 4.24. The third-order valence-corrected chi connectivity index (χ3v) is 7.24. The summed E-state index contributed by atoms with van der Waals surface area (Å²) in [4.78, 5) is 29.5. The van der Waals surface area contributed by atoms with Gasteiger partial charge in [-0.15, -0.1) is 0 Å². The Morgan fingerprint density at radius 1 is 1.14 bits per heavy atom. The summed E-state index contributed by atoms with van der Waals surface area (Å²) >= 11 is 1.42. The quantitative estimate of drug-likeness (QED) is 0.444. The van der Waals surface area contributed by atoms with Crippen LogP contribution in [0.5, 0.6) is 5.75 Å². The number of piperazine rings is 1. The number of anilines is 2. The van der Waals surface area contributed by atoms with Crippen molar-refractivity contribution in [2.75, 3.05) is 43.5 Å². The van der Waals surface area contributed by atoms with E-state index < -0.39 is 0 Å². The number of hydrogen-bond donors (Lipinski definition) is 2. The number of hydrogen-bond acceptors (Lipinski definition) is 8. The zero-order valence-corrected chi connectivity index (χ0v) is 20.1. The van der Waals surface area contributed by atoms with Crippen LogP contribution in [-0.4, -0.2) is 54.9 Å². The van der Waals surface area contributed by atoms with Crippen molar-refractivity contribution >= 4 is 49.8 Å². The van der Waals surface area contributed by atoms with E-state index in [1.807, 2.05) is 42.6 Å². The number of aliphatic imine (C=N–C) groups is 1. The van der Waals surface area contributed by atoms with E-state index in [1.54, 1.807) is 7.11 Å². The number of methoxy groups -OCH3 is 1. The van der Waals surface area contributed by atoms with Gasteiger partial charge in [-0.05, 0) is 42.0 Å². The number of benzene rings is 2. The van der Waals surface area contributed by atoms with Gasteiger partial charge in [0.05, 0.1) is 34.3 Å². The molecule has 2 N–H and O–H groups in total. The molecule has 2 aliphatic heterocycles. The van der Waals surface area contributed by atoms with E-state index in [1.165, 1.54) is 11.3 Å². The summed E-state index contributed by atoms with van der Waals surface area (Å²) < 4.78 is 6.24. The highest BCUT2D eigenvalue weighted by atomic mass is 32.1. The molecule has 9 heteroatoms. The van der Waals surface area contributed by atoms with E-state index in [0.29, 0.717) is 22.8 Å². The van der Waals surface area contributed by atoms with E-state index in [-0.39, 0.29) is 5.91 Å². The summed E-state index contributed by atoms with van der Waals surface area (Å²) in [7, 11) is 1.63. The first-order valence-corrected chi connectivity index (χ1v) is 12.4. The second-order valence-corrected chi connectivity index (χ2v) is 9.53. The van der Waals surface area contributed by atoms with Gasteiger partial charge >= 0.3 is 0 Å². The number of carbonyl (C=O) groups is 1. The lowest BCUT2D eigenvalue weighted by Crippen LogP contribution is -2.43. The Balaban J connectivity index is 1.23. The molecule has 176 valence electrons. The predicted molar refractivity (Wildman–Crippen MR) is 140 cm³/mol. The Morgan fingerprint density at radius 3 is 2.83 bits per heavy atom. The number of aromatic nitrogens is 2. The van der Waals surface area contributed by atoms with Crippen LogP contribution >= 0.6 is 11.3 Å². The summed E-state index contributed by atoms with van der Waals surface area (Å²) in [6, 6.07) is 15.5. The van der Waals surface area contributed by atoms with Crippen molar-refractivity contribution < 1.29 is 9.53 Å². The van der Waals surface area contributed by atoms with Crippen LogP contribution < -0.4 is 20.3 Å². The largest absolute Gasteiger partial charge is 0.497 e. The first-order chi connectivity index (χ1) is 17.2. The Labute approximate surface area is 206 Å². The molecule has 35 heavy (non-hydrogen) atoms. The monoisotopic (exact) mass is 484 g/mol. The molecule has 2 aromatic heterocycles. The molecule has 0 unspecified atom stereocenters. The first kappa shape index (κ1) is 21.7. The van der Waals surface area contributed by atoms with Gasteiger partial charge in [-0.1, -0.05) is 23.5 Å². The molecule has 1 amide bonds. The predicted octanol–water partition coefficient (Wildman–Crippen LogP) is 4.04. The number of para-hydroxylation sites is 1. The topological polar surface area (TPSA) is 91.7 Å². The average molecular weight is 485 g/mol. The van der Waals surface area contributed by atoms with Gasteiger partial charge in [0.1, 0.15) is 11.6 Å². The number of nitrogens with one attached hydrogen (secondary N) is 2. The van der Waals surface area contributed by atoms with Crippen LogP contribution in [-0.2, 0) is 6.42 Å².